The topological polar surface area (TPSA) is 70.7 Å². The van der Waals surface area contributed by atoms with E-state index in [0.29, 0.717) is 34.6 Å². The molecule has 1 aliphatic heterocycles. The van der Waals surface area contributed by atoms with Gasteiger partial charge in [-0.1, -0.05) is 29.3 Å². The first kappa shape index (κ1) is 22.8. The van der Waals surface area contributed by atoms with Crippen molar-refractivity contribution in [3.63, 3.8) is 0 Å². The maximum atomic E-state index is 12.2. The Morgan fingerprint density at radius 3 is 2.69 bits per heavy atom. The van der Waals surface area contributed by atoms with E-state index in [1.165, 1.54) is 0 Å². The van der Waals surface area contributed by atoms with Crippen molar-refractivity contribution in [1.82, 2.24) is 5.32 Å². The van der Waals surface area contributed by atoms with Crippen LogP contribution in [0, 0.1) is 6.92 Å². The Bertz CT molecular complexity index is 1230. The van der Waals surface area contributed by atoms with Gasteiger partial charge in [0, 0.05) is 43.0 Å². The molecule has 1 aliphatic rings. The molecule has 0 bridgehead atoms. The van der Waals surface area contributed by atoms with Gasteiger partial charge in [0.15, 0.2) is 0 Å². The minimum atomic E-state index is -0.502. The lowest BCUT2D eigenvalue weighted by molar-refractivity contribution is 0.206. The standard InChI is InChI=1S/C24H25Cl2N3O3/c1-13-10-16(28-21-22(24(31)23(21)30)29(2)8-9-32-3)4-5-17(13)20-19-14(6-7-27-20)11-15(25)12-18(19)26/h4-5,10-12,20,27-28H,6-9H2,1-3H3. The second-order valence-corrected chi connectivity index (χ2v) is 8.93. The lowest BCUT2D eigenvalue weighted by Gasteiger charge is -2.30. The number of fused-ring (bicyclic) bond motifs is 1. The van der Waals surface area contributed by atoms with Gasteiger partial charge in [-0.2, -0.15) is 0 Å². The molecule has 1 heterocycles. The molecule has 3 aromatic rings. The second-order valence-electron chi connectivity index (χ2n) is 8.09. The molecule has 0 fully saturated rings. The van der Waals surface area contributed by atoms with Gasteiger partial charge in [0.1, 0.15) is 11.4 Å². The fourth-order valence-electron chi connectivity index (χ4n) is 4.31. The zero-order valence-corrected chi connectivity index (χ0v) is 19.7. The molecule has 8 heteroatoms. The largest absolute Gasteiger partial charge is 0.383 e. The number of halogens is 2. The molecule has 1 atom stereocenters. The van der Waals surface area contributed by atoms with Gasteiger partial charge < -0.3 is 20.3 Å². The van der Waals surface area contributed by atoms with Crippen molar-refractivity contribution >= 4 is 40.3 Å². The molecule has 3 aromatic carbocycles. The minimum absolute atomic E-state index is 0.0422. The summed E-state index contributed by atoms with van der Waals surface area (Å²) in [6.07, 6.45) is 0.870. The summed E-state index contributed by atoms with van der Waals surface area (Å²) >= 11 is 12.8. The molecule has 6 nitrogen and oxygen atoms in total. The third kappa shape index (κ3) is 4.16. The van der Waals surface area contributed by atoms with Gasteiger partial charge in [0.25, 0.3) is 10.9 Å². The summed E-state index contributed by atoms with van der Waals surface area (Å²) in [5.41, 5.74) is 4.82. The molecule has 2 N–H and O–H groups in total. The summed E-state index contributed by atoms with van der Waals surface area (Å²) in [6, 6.07) is 9.63. The van der Waals surface area contributed by atoms with E-state index in [1.807, 2.05) is 31.2 Å². The predicted molar refractivity (Wildman–Crippen MR) is 131 cm³/mol. The Hall–Kier alpha value is -2.38. The zero-order valence-electron chi connectivity index (χ0n) is 18.2. The number of rotatable bonds is 7. The van der Waals surface area contributed by atoms with Crippen molar-refractivity contribution in [2.45, 2.75) is 19.4 Å². The van der Waals surface area contributed by atoms with Crippen molar-refractivity contribution in [3.05, 3.63) is 83.1 Å². The minimum Gasteiger partial charge on any atom is -0.383 e. The van der Waals surface area contributed by atoms with Crippen LogP contribution < -0.4 is 26.4 Å². The van der Waals surface area contributed by atoms with Crippen LogP contribution in [0.25, 0.3) is 0 Å². The van der Waals surface area contributed by atoms with Crippen molar-refractivity contribution in [3.8, 4) is 0 Å². The molecule has 0 amide bonds. The maximum absolute atomic E-state index is 12.2. The van der Waals surface area contributed by atoms with Crippen LogP contribution in [0.15, 0.2) is 39.9 Å². The summed E-state index contributed by atoms with van der Waals surface area (Å²) in [6.45, 7) is 3.83. The van der Waals surface area contributed by atoms with Gasteiger partial charge in [-0.3, -0.25) is 9.59 Å². The van der Waals surface area contributed by atoms with E-state index in [-0.39, 0.29) is 6.04 Å². The van der Waals surface area contributed by atoms with E-state index in [9.17, 15) is 9.59 Å². The molecule has 1 unspecified atom stereocenters. The number of hydrogen-bond donors (Lipinski definition) is 2. The quantitative estimate of drug-likeness (QED) is 0.506. The van der Waals surface area contributed by atoms with Crippen LogP contribution in [-0.4, -0.2) is 33.9 Å². The Morgan fingerprint density at radius 2 is 1.97 bits per heavy atom. The molecule has 0 saturated heterocycles. The molecule has 0 aromatic heterocycles. The molecule has 0 spiro atoms. The van der Waals surface area contributed by atoms with Crippen LogP contribution >= 0.6 is 23.2 Å². The summed E-state index contributed by atoms with van der Waals surface area (Å²) in [4.78, 5) is 26.0. The number of hydrogen-bond acceptors (Lipinski definition) is 6. The van der Waals surface area contributed by atoms with Crippen molar-refractivity contribution in [2.24, 2.45) is 0 Å². The Kier molecular flexibility index (Phi) is 6.58. The number of aryl methyl sites for hydroxylation is 1. The van der Waals surface area contributed by atoms with Gasteiger partial charge in [0.2, 0.25) is 0 Å². The first-order chi connectivity index (χ1) is 15.3. The predicted octanol–water partition coefficient (Wildman–Crippen LogP) is 3.96. The van der Waals surface area contributed by atoms with Crippen LogP contribution in [0.2, 0.25) is 10.0 Å². The molecular formula is C24H25Cl2N3O3. The average molecular weight is 474 g/mol. The van der Waals surface area contributed by atoms with Crippen LogP contribution in [0.5, 0.6) is 0 Å². The third-order valence-corrected chi connectivity index (χ3v) is 6.49. The van der Waals surface area contributed by atoms with Gasteiger partial charge in [-0.25, -0.2) is 0 Å². The van der Waals surface area contributed by atoms with Crippen LogP contribution in [0.3, 0.4) is 0 Å². The Morgan fingerprint density at radius 1 is 1.19 bits per heavy atom. The first-order valence-electron chi connectivity index (χ1n) is 10.4. The maximum Gasteiger partial charge on any atom is 0.253 e. The van der Waals surface area contributed by atoms with Crippen molar-refractivity contribution < 1.29 is 4.74 Å². The highest BCUT2D eigenvalue weighted by Gasteiger charge is 2.27. The van der Waals surface area contributed by atoms with Gasteiger partial charge in [-0.15, -0.1) is 0 Å². The molecule has 0 aliphatic carbocycles. The summed E-state index contributed by atoms with van der Waals surface area (Å²) in [7, 11) is 3.37. The summed E-state index contributed by atoms with van der Waals surface area (Å²) in [5, 5.41) is 7.99. The van der Waals surface area contributed by atoms with E-state index in [1.54, 1.807) is 25.1 Å². The normalized spacial score (nSPS) is 15.6. The molecule has 0 saturated carbocycles. The highest BCUT2D eigenvalue weighted by atomic mass is 35.5. The number of nitrogens with one attached hydrogen (secondary N) is 2. The number of likely N-dealkylation sites (N-methyl/N-ethyl adjacent to an activating group) is 1. The smallest absolute Gasteiger partial charge is 0.253 e. The number of nitrogens with zero attached hydrogens (tertiary/aromatic N) is 1. The summed E-state index contributed by atoms with van der Waals surface area (Å²) in [5.74, 6) is 0. The Labute approximate surface area is 196 Å². The first-order valence-corrected chi connectivity index (χ1v) is 11.2. The van der Waals surface area contributed by atoms with Gasteiger partial charge >= 0.3 is 0 Å². The van der Waals surface area contributed by atoms with Crippen LogP contribution in [0.1, 0.15) is 28.3 Å². The van der Waals surface area contributed by atoms with E-state index < -0.39 is 10.9 Å². The lowest BCUT2D eigenvalue weighted by atomic mass is 9.87. The van der Waals surface area contributed by atoms with E-state index in [0.717, 1.165) is 40.9 Å². The Balaban J connectivity index is 1.61. The molecule has 32 heavy (non-hydrogen) atoms. The molecule has 4 rings (SSSR count). The van der Waals surface area contributed by atoms with E-state index >= 15 is 0 Å². The van der Waals surface area contributed by atoms with Gasteiger partial charge in [-0.05, 0) is 59.9 Å². The van der Waals surface area contributed by atoms with Crippen molar-refractivity contribution in [1.29, 1.82) is 0 Å². The fourth-order valence-corrected chi connectivity index (χ4v) is 4.95. The molecular weight excluding hydrogens is 449 g/mol. The highest BCUT2D eigenvalue weighted by Crippen LogP contribution is 2.38. The zero-order chi connectivity index (χ0) is 23.0. The van der Waals surface area contributed by atoms with E-state index in [4.69, 9.17) is 27.9 Å². The lowest BCUT2D eigenvalue weighted by Crippen LogP contribution is -2.41. The summed E-state index contributed by atoms with van der Waals surface area (Å²) < 4.78 is 5.07. The number of ether oxygens (including phenoxy) is 1. The number of anilines is 3. The molecule has 0 radical (unpaired) electrons. The SMILES string of the molecule is COCCN(C)c1c(Nc2ccc(C3NCCc4cc(Cl)cc(Cl)c43)c(C)c2)c(=O)c1=O. The van der Waals surface area contributed by atoms with Gasteiger partial charge in [0.05, 0.1) is 12.6 Å². The monoisotopic (exact) mass is 473 g/mol. The third-order valence-electron chi connectivity index (χ3n) is 5.96. The van der Waals surface area contributed by atoms with Crippen LogP contribution in [0.4, 0.5) is 17.1 Å². The molecule has 168 valence electrons. The number of benzene rings is 2. The fraction of sp³-hybridized carbons (Fsp3) is 0.333. The average Bonchev–Trinajstić information content (AvgIpc) is 2.76. The number of methoxy groups -OCH3 is 1. The van der Waals surface area contributed by atoms with Crippen molar-refractivity contribution in [2.75, 3.05) is 44.1 Å². The van der Waals surface area contributed by atoms with E-state index in [2.05, 4.69) is 10.6 Å². The highest BCUT2D eigenvalue weighted by molar-refractivity contribution is 6.35. The second kappa shape index (κ2) is 9.24. The van der Waals surface area contributed by atoms with Crippen LogP contribution in [-0.2, 0) is 11.2 Å².